The Hall–Kier alpha value is -2.60. The van der Waals surface area contributed by atoms with E-state index in [1.165, 1.54) is 0 Å². The molecule has 2 amide bonds. The van der Waals surface area contributed by atoms with Crippen LogP contribution in [-0.4, -0.2) is 16.8 Å². The molecule has 20 heavy (non-hydrogen) atoms. The molecule has 0 atom stereocenters. The van der Waals surface area contributed by atoms with E-state index in [-0.39, 0.29) is 0 Å². The molecule has 7 heteroatoms. The molecule has 100 valence electrons. The fourth-order valence-electron chi connectivity index (χ4n) is 1.93. The molecule has 4 N–H and O–H groups in total. The van der Waals surface area contributed by atoms with Crippen LogP contribution < -0.4 is 16.4 Å². The number of fused-ring (bicyclic) bond motifs is 1. The fraction of sp³-hybridized carbons (Fsp3) is 0. The van der Waals surface area contributed by atoms with E-state index < -0.39 is 11.8 Å². The van der Waals surface area contributed by atoms with Crippen molar-refractivity contribution in [1.82, 2.24) is 10.3 Å². The lowest BCUT2D eigenvalue weighted by atomic mass is 10.1. The van der Waals surface area contributed by atoms with E-state index in [0.29, 0.717) is 33.5 Å². The lowest BCUT2D eigenvalue weighted by Crippen LogP contribution is -2.19. The molecule has 0 saturated heterocycles. The first-order chi connectivity index (χ1) is 9.54. The molecular formula is C13H9ClN4O2. The summed E-state index contributed by atoms with van der Waals surface area (Å²) >= 11 is 5.80. The van der Waals surface area contributed by atoms with E-state index in [9.17, 15) is 9.59 Å². The number of nitrogen functional groups attached to an aromatic ring is 1. The predicted octanol–water partition coefficient (Wildman–Crippen LogP) is 1.94. The van der Waals surface area contributed by atoms with Crippen LogP contribution in [0.5, 0.6) is 0 Å². The highest BCUT2D eigenvalue weighted by molar-refractivity contribution is 6.29. The molecule has 1 aliphatic heterocycles. The molecular weight excluding hydrogens is 280 g/mol. The molecule has 2 aromatic rings. The average Bonchev–Trinajstić information content (AvgIpc) is 2.69. The van der Waals surface area contributed by atoms with Crippen LogP contribution in [0.3, 0.4) is 0 Å². The Balaban J connectivity index is 1.97. The van der Waals surface area contributed by atoms with Gasteiger partial charge < -0.3 is 11.1 Å². The first-order valence-electron chi connectivity index (χ1n) is 5.73. The van der Waals surface area contributed by atoms with Crippen molar-refractivity contribution in [2.75, 3.05) is 11.1 Å². The molecule has 2 heterocycles. The van der Waals surface area contributed by atoms with Crippen molar-refractivity contribution in [1.29, 1.82) is 0 Å². The number of hydrogen-bond donors (Lipinski definition) is 3. The quantitative estimate of drug-likeness (QED) is 0.579. The van der Waals surface area contributed by atoms with Gasteiger partial charge in [-0.25, -0.2) is 4.98 Å². The summed E-state index contributed by atoms with van der Waals surface area (Å²) in [5.41, 5.74) is 7.48. The van der Waals surface area contributed by atoms with Gasteiger partial charge in [0, 0.05) is 5.69 Å². The summed E-state index contributed by atoms with van der Waals surface area (Å²) in [5.74, 6) is -0.417. The van der Waals surface area contributed by atoms with Gasteiger partial charge in [0.1, 0.15) is 5.15 Å². The normalized spacial score (nSPS) is 13.1. The number of halogens is 1. The molecule has 0 fully saturated rings. The lowest BCUT2D eigenvalue weighted by molar-refractivity contribution is 0.0879. The zero-order chi connectivity index (χ0) is 14.3. The van der Waals surface area contributed by atoms with E-state index in [0.717, 1.165) is 0 Å². The van der Waals surface area contributed by atoms with E-state index in [1.54, 1.807) is 30.3 Å². The van der Waals surface area contributed by atoms with Crippen molar-refractivity contribution >= 4 is 40.6 Å². The van der Waals surface area contributed by atoms with Crippen LogP contribution in [0, 0.1) is 0 Å². The van der Waals surface area contributed by atoms with Gasteiger partial charge in [-0.1, -0.05) is 11.6 Å². The van der Waals surface area contributed by atoms with Crippen LogP contribution in [0.2, 0.25) is 5.15 Å². The summed E-state index contributed by atoms with van der Waals surface area (Å²) in [4.78, 5) is 27.1. The van der Waals surface area contributed by atoms with Crippen LogP contribution >= 0.6 is 11.6 Å². The van der Waals surface area contributed by atoms with Gasteiger partial charge in [-0.05, 0) is 30.3 Å². The third-order valence-corrected chi connectivity index (χ3v) is 3.10. The molecule has 1 aliphatic rings. The van der Waals surface area contributed by atoms with Gasteiger partial charge in [-0.2, -0.15) is 0 Å². The first-order valence-corrected chi connectivity index (χ1v) is 6.11. The van der Waals surface area contributed by atoms with Crippen molar-refractivity contribution < 1.29 is 9.59 Å². The van der Waals surface area contributed by atoms with Crippen molar-refractivity contribution in [3.05, 3.63) is 46.6 Å². The van der Waals surface area contributed by atoms with Crippen LogP contribution in [-0.2, 0) is 0 Å². The van der Waals surface area contributed by atoms with E-state index in [1.807, 2.05) is 0 Å². The third-order valence-electron chi connectivity index (χ3n) is 2.89. The van der Waals surface area contributed by atoms with Crippen molar-refractivity contribution in [3.8, 4) is 0 Å². The number of benzene rings is 1. The number of aromatic nitrogens is 1. The fourth-order valence-corrected chi connectivity index (χ4v) is 2.08. The lowest BCUT2D eigenvalue weighted by Gasteiger charge is -2.09. The molecule has 1 aromatic heterocycles. The summed E-state index contributed by atoms with van der Waals surface area (Å²) in [6, 6.07) is 8.01. The number of rotatable bonds is 2. The van der Waals surface area contributed by atoms with E-state index >= 15 is 0 Å². The minimum absolute atomic E-state index is 0.302. The summed E-state index contributed by atoms with van der Waals surface area (Å²) in [7, 11) is 0. The van der Waals surface area contributed by atoms with Crippen molar-refractivity contribution in [2.24, 2.45) is 0 Å². The van der Waals surface area contributed by atoms with Gasteiger partial charge in [0.05, 0.1) is 16.8 Å². The number of imide groups is 1. The van der Waals surface area contributed by atoms with Crippen LogP contribution in [0.1, 0.15) is 20.7 Å². The molecule has 0 bridgehead atoms. The van der Waals surface area contributed by atoms with Crippen molar-refractivity contribution in [3.63, 3.8) is 0 Å². The van der Waals surface area contributed by atoms with Gasteiger partial charge in [0.25, 0.3) is 11.8 Å². The Morgan fingerprint density at radius 1 is 1.10 bits per heavy atom. The standard InChI is InChI=1S/C13H9ClN4O2/c14-10-4-3-9(15)11(17-10)16-6-1-2-7-8(5-6)13(20)18-12(7)19/h1-5H,15H2,(H,16,17)(H,18,19,20). The largest absolute Gasteiger partial charge is 0.396 e. The molecule has 6 nitrogen and oxygen atoms in total. The zero-order valence-electron chi connectivity index (χ0n) is 10.1. The summed E-state index contributed by atoms with van der Waals surface area (Å²) in [6.07, 6.45) is 0. The smallest absolute Gasteiger partial charge is 0.259 e. The summed E-state index contributed by atoms with van der Waals surface area (Å²) < 4.78 is 0. The number of hydrogen-bond acceptors (Lipinski definition) is 5. The predicted molar refractivity (Wildman–Crippen MR) is 75.2 cm³/mol. The van der Waals surface area contributed by atoms with Gasteiger partial charge in [-0.3, -0.25) is 14.9 Å². The second kappa shape index (κ2) is 4.50. The Kier molecular flexibility index (Phi) is 2.80. The maximum Gasteiger partial charge on any atom is 0.259 e. The van der Waals surface area contributed by atoms with Gasteiger partial charge in [0.2, 0.25) is 0 Å². The molecule has 0 radical (unpaired) electrons. The molecule has 0 aliphatic carbocycles. The number of nitrogens with one attached hydrogen (secondary N) is 2. The maximum atomic E-state index is 11.6. The average molecular weight is 289 g/mol. The molecule has 0 saturated carbocycles. The first kappa shape index (κ1) is 12.4. The number of nitrogens with two attached hydrogens (primary N) is 1. The van der Waals surface area contributed by atoms with Gasteiger partial charge in [-0.15, -0.1) is 0 Å². The number of anilines is 3. The molecule has 0 unspecified atom stereocenters. The summed E-state index contributed by atoms with van der Waals surface area (Å²) in [6.45, 7) is 0. The molecule has 0 spiro atoms. The molecule has 1 aromatic carbocycles. The van der Waals surface area contributed by atoms with E-state index in [2.05, 4.69) is 15.6 Å². The molecule has 3 rings (SSSR count). The Labute approximate surface area is 118 Å². The van der Waals surface area contributed by atoms with Crippen LogP contribution in [0.25, 0.3) is 0 Å². The maximum absolute atomic E-state index is 11.6. The highest BCUT2D eigenvalue weighted by Crippen LogP contribution is 2.26. The van der Waals surface area contributed by atoms with Crippen molar-refractivity contribution in [2.45, 2.75) is 0 Å². The minimum atomic E-state index is -0.416. The number of carbonyl (C=O) groups excluding carboxylic acids is 2. The number of carbonyl (C=O) groups is 2. The third kappa shape index (κ3) is 2.06. The van der Waals surface area contributed by atoms with Crippen LogP contribution in [0.15, 0.2) is 30.3 Å². The number of pyridine rings is 1. The SMILES string of the molecule is Nc1ccc(Cl)nc1Nc1ccc2c(c1)C(=O)NC2=O. The second-order valence-electron chi connectivity index (χ2n) is 4.24. The number of nitrogens with zero attached hydrogens (tertiary/aromatic N) is 1. The van der Waals surface area contributed by atoms with Crippen LogP contribution in [0.4, 0.5) is 17.2 Å². The monoisotopic (exact) mass is 288 g/mol. The highest BCUT2D eigenvalue weighted by Gasteiger charge is 2.26. The second-order valence-corrected chi connectivity index (χ2v) is 4.63. The van der Waals surface area contributed by atoms with E-state index in [4.69, 9.17) is 17.3 Å². The number of amides is 2. The summed E-state index contributed by atoms with van der Waals surface area (Å²) in [5, 5.41) is 5.49. The highest BCUT2D eigenvalue weighted by atomic mass is 35.5. The minimum Gasteiger partial charge on any atom is -0.396 e. The van der Waals surface area contributed by atoms with Gasteiger partial charge >= 0.3 is 0 Å². The zero-order valence-corrected chi connectivity index (χ0v) is 10.9. The Morgan fingerprint density at radius 3 is 2.65 bits per heavy atom. The topological polar surface area (TPSA) is 97.1 Å². The Morgan fingerprint density at radius 2 is 1.85 bits per heavy atom. The Bertz CT molecular complexity index is 745. The van der Waals surface area contributed by atoms with Gasteiger partial charge in [0.15, 0.2) is 5.82 Å².